The zero-order chi connectivity index (χ0) is 9.30. The summed E-state index contributed by atoms with van der Waals surface area (Å²) in [5, 5.41) is 7.92. The van der Waals surface area contributed by atoms with Crippen molar-refractivity contribution >= 4 is 32.8 Å². The zero-order valence-electron chi connectivity index (χ0n) is 5.64. The molecule has 5 heteroatoms. The fraction of sp³-hybridized carbons (Fsp3) is 0. The number of phenols is 1. The van der Waals surface area contributed by atoms with Crippen molar-refractivity contribution < 1.29 is 14.3 Å². The van der Waals surface area contributed by atoms with E-state index in [2.05, 4.69) is 15.9 Å². The first-order chi connectivity index (χ1) is 5.54. The second kappa shape index (κ2) is 3.41. The van der Waals surface area contributed by atoms with Crippen molar-refractivity contribution in [3.63, 3.8) is 0 Å². The van der Waals surface area contributed by atoms with Gasteiger partial charge in [0.1, 0.15) is 0 Å². The van der Waals surface area contributed by atoms with Gasteiger partial charge < -0.3 is 5.11 Å². The van der Waals surface area contributed by atoms with Crippen LogP contribution in [0.4, 0.5) is 4.39 Å². The number of rotatable bonds is 1. The highest BCUT2D eigenvalue weighted by molar-refractivity contribution is 9.10. The predicted molar refractivity (Wildman–Crippen MR) is 45.9 cm³/mol. The van der Waals surface area contributed by atoms with Crippen LogP contribution in [-0.4, -0.2) is 10.3 Å². The third-order valence-corrected chi connectivity index (χ3v) is 2.12. The van der Waals surface area contributed by atoms with Crippen molar-refractivity contribution in [3.05, 3.63) is 28.0 Å². The molecule has 0 radical (unpaired) electrons. The Morgan fingerprint density at radius 1 is 1.58 bits per heavy atom. The lowest BCUT2D eigenvalue weighted by molar-refractivity contribution is 0.107. The Morgan fingerprint density at radius 3 is 2.58 bits per heavy atom. The summed E-state index contributed by atoms with van der Waals surface area (Å²) in [6, 6.07) is 2.47. The second-order valence-electron chi connectivity index (χ2n) is 2.03. The molecule has 0 saturated heterocycles. The minimum Gasteiger partial charge on any atom is -0.505 e. The van der Waals surface area contributed by atoms with Crippen LogP contribution in [0.5, 0.6) is 5.75 Å². The molecule has 0 heterocycles. The number of benzene rings is 1. The Bertz CT molecular complexity index is 340. The number of halogens is 3. The van der Waals surface area contributed by atoms with Gasteiger partial charge in [-0.2, -0.15) is 0 Å². The Labute approximate surface area is 81.1 Å². The van der Waals surface area contributed by atoms with Gasteiger partial charge in [0.25, 0.3) is 5.24 Å². The third kappa shape index (κ3) is 1.59. The fourth-order valence-electron chi connectivity index (χ4n) is 0.722. The first kappa shape index (κ1) is 9.48. The van der Waals surface area contributed by atoms with Crippen LogP contribution < -0.4 is 0 Å². The van der Waals surface area contributed by atoms with E-state index in [1.165, 1.54) is 6.07 Å². The van der Waals surface area contributed by atoms with Gasteiger partial charge in [0.05, 0.1) is 5.56 Å². The molecule has 0 amide bonds. The van der Waals surface area contributed by atoms with Crippen molar-refractivity contribution in [1.29, 1.82) is 0 Å². The van der Waals surface area contributed by atoms with E-state index in [0.29, 0.717) is 0 Å². The summed E-state index contributed by atoms with van der Waals surface area (Å²) in [4.78, 5) is 10.6. The highest BCUT2D eigenvalue weighted by atomic mass is 79.9. The summed E-state index contributed by atoms with van der Waals surface area (Å²) >= 11 is 7.99. The lowest BCUT2D eigenvalue weighted by Crippen LogP contribution is -1.96. The number of carbonyl (C=O) groups is 1. The molecule has 0 aliphatic carbocycles. The van der Waals surface area contributed by atoms with E-state index < -0.39 is 16.8 Å². The maximum Gasteiger partial charge on any atom is 0.256 e. The smallest absolute Gasteiger partial charge is 0.256 e. The van der Waals surface area contributed by atoms with Gasteiger partial charge in [0.15, 0.2) is 11.6 Å². The van der Waals surface area contributed by atoms with E-state index in [1.54, 1.807) is 0 Å². The van der Waals surface area contributed by atoms with E-state index in [1.807, 2.05) is 0 Å². The molecule has 1 rings (SSSR count). The minimum atomic E-state index is -1.01. The molecule has 2 nitrogen and oxygen atoms in total. The maximum atomic E-state index is 12.9. The SMILES string of the molecule is O=C(Cl)c1c(Br)ccc(O)c1F. The molecule has 0 spiro atoms. The summed E-state index contributed by atoms with van der Waals surface area (Å²) in [6.07, 6.45) is 0. The summed E-state index contributed by atoms with van der Waals surface area (Å²) < 4.78 is 13.1. The van der Waals surface area contributed by atoms with Gasteiger partial charge in [-0.15, -0.1) is 0 Å². The number of hydrogen-bond donors (Lipinski definition) is 1. The predicted octanol–water partition coefficient (Wildman–Crippen LogP) is 2.67. The molecule has 0 atom stereocenters. The third-order valence-electron chi connectivity index (χ3n) is 1.27. The summed E-state index contributed by atoms with van der Waals surface area (Å²) in [6.45, 7) is 0. The van der Waals surface area contributed by atoms with Crippen molar-refractivity contribution in [2.24, 2.45) is 0 Å². The van der Waals surface area contributed by atoms with Crippen LogP contribution in [0.15, 0.2) is 16.6 Å². The van der Waals surface area contributed by atoms with Crippen LogP contribution in [-0.2, 0) is 0 Å². The summed E-state index contributed by atoms with van der Waals surface area (Å²) in [5.74, 6) is -1.61. The second-order valence-corrected chi connectivity index (χ2v) is 3.23. The monoisotopic (exact) mass is 252 g/mol. The van der Waals surface area contributed by atoms with Crippen LogP contribution in [0.2, 0.25) is 0 Å². The molecular weight excluding hydrogens is 250 g/mol. The topological polar surface area (TPSA) is 37.3 Å². The van der Waals surface area contributed by atoms with Crippen LogP contribution in [0.1, 0.15) is 10.4 Å². The molecule has 0 unspecified atom stereocenters. The maximum absolute atomic E-state index is 12.9. The molecule has 1 aromatic rings. The molecule has 1 N–H and O–H groups in total. The number of phenolic OH excluding ortho intramolecular Hbond substituents is 1. The lowest BCUT2D eigenvalue weighted by Gasteiger charge is -2.01. The Hall–Kier alpha value is -0.610. The molecule has 0 fully saturated rings. The average molecular weight is 253 g/mol. The van der Waals surface area contributed by atoms with Gasteiger partial charge >= 0.3 is 0 Å². The molecule has 0 bridgehead atoms. The van der Waals surface area contributed by atoms with Crippen LogP contribution in [0, 0.1) is 5.82 Å². The van der Waals surface area contributed by atoms with Crippen molar-refractivity contribution in [3.8, 4) is 5.75 Å². The Balaban J connectivity index is 3.43. The molecule has 0 aromatic heterocycles. The van der Waals surface area contributed by atoms with Crippen molar-refractivity contribution in [2.45, 2.75) is 0 Å². The van der Waals surface area contributed by atoms with E-state index in [-0.39, 0.29) is 10.0 Å². The minimum absolute atomic E-state index is 0.220. The largest absolute Gasteiger partial charge is 0.505 e. The van der Waals surface area contributed by atoms with Gasteiger partial charge in [-0.3, -0.25) is 4.79 Å². The first-order valence-corrected chi connectivity index (χ1v) is 4.08. The van der Waals surface area contributed by atoms with Gasteiger partial charge in [0, 0.05) is 4.47 Å². The normalized spacial score (nSPS) is 9.92. The van der Waals surface area contributed by atoms with Crippen LogP contribution >= 0.6 is 27.5 Å². The van der Waals surface area contributed by atoms with Crippen molar-refractivity contribution in [1.82, 2.24) is 0 Å². The Kier molecular flexibility index (Phi) is 2.69. The van der Waals surface area contributed by atoms with E-state index in [4.69, 9.17) is 16.7 Å². The molecule has 0 saturated carbocycles. The quantitative estimate of drug-likeness (QED) is 0.781. The number of aromatic hydroxyl groups is 1. The Morgan fingerprint density at radius 2 is 2.17 bits per heavy atom. The zero-order valence-corrected chi connectivity index (χ0v) is 7.99. The average Bonchev–Trinajstić information content (AvgIpc) is 1.97. The molecule has 0 aliphatic heterocycles. The van der Waals surface area contributed by atoms with Crippen LogP contribution in [0.3, 0.4) is 0 Å². The highest BCUT2D eigenvalue weighted by Crippen LogP contribution is 2.27. The fourth-order valence-corrected chi connectivity index (χ4v) is 1.51. The summed E-state index contributed by atoms with van der Waals surface area (Å²) in [7, 11) is 0. The first-order valence-electron chi connectivity index (χ1n) is 2.91. The molecule has 0 aliphatic rings. The number of carbonyl (C=O) groups excluding carboxylic acids is 1. The van der Waals surface area contributed by atoms with E-state index in [9.17, 15) is 9.18 Å². The van der Waals surface area contributed by atoms with Gasteiger partial charge in [0.2, 0.25) is 0 Å². The van der Waals surface area contributed by atoms with Gasteiger partial charge in [-0.1, -0.05) is 0 Å². The van der Waals surface area contributed by atoms with Gasteiger partial charge in [-0.05, 0) is 39.7 Å². The molecule has 12 heavy (non-hydrogen) atoms. The van der Waals surface area contributed by atoms with E-state index in [0.717, 1.165) is 6.07 Å². The van der Waals surface area contributed by atoms with Gasteiger partial charge in [-0.25, -0.2) is 4.39 Å². The van der Waals surface area contributed by atoms with Crippen LogP contribution in [0.25, 0.3) is 0 Å². The standard InChI is InChI=1S/C7H3BrClFO2/c8-3-1-2-4(11)6(10)5(3)7(9)12/h1-2,11H. The highest BCUT2D eigenvalue weighted by Gasteiger charge is 2.16. The molecule has 64 valence electrons. The van der Waals surface area contributed by atoms with E-state index >= 15 is 0 Å². The number of hydrogen-bond acceptors (Lipinski definition) is 2. The summed E-state index contributed by atoms with van der Waals surface area (Å²) in [5.41, 5.74) is -0.350. The molecule has 1 aromatic carbocycles. The molecular formula is C7H3BrClFO2. The van der Waals surface area contributed by atoms with Crippen molar-refractivity contribution in [2.75, 3.05) is 0 Å². The lowest BCUT2D eigenvalue weighted by atomic mass is 10.2.